The molecule has 86 valence electrons. The van der Waals surface area contributed by atoms with Gasteiger partial charge in [0.1, 0.15) is 5.56 Å². The molecule has 5 heteroatoms. The molecule has 1 aromatic rings. The number of hydrogen-bond donors (Lipinski definition) is 1. The molecule has 2 rings (SSSR count). The van der Waals surface area contributed by atoms with E-state index in [1.807, 2.05) is 0 Å². The summed E-state index contributed by atoms with van der Waals surface area (Å²) in [6.45, 7) is 2.91. The van der Waals surface area contributed by atoms with Crippen LogP contribution in [0.1, 0.15) is 36.5 Å². The lowest BCUT2D eigenvalue weighted by molar-refractivity contribution is 0.0697. The minimum absolute atomic E-state index is 0.246. The Kier molecular flexibility index (Phi) is 3.03. The molecule has 0 aliphatic heterocycles. The van der Waals surface area contributed by atoms with E-state index in [4.69, 9.17) is 5.11 Å². The van der Waals surface area contributed by atoms with E-state index in [0.29, 0.717) is 11.9 Å². The summed E-state index contributed by atoms with van der Waals surface area (Å²) in [5, 5.41) is 16.9. The van der Waals surface area contributed by atoms with Gasteiger partial charge in [0.15, 0.2) is 5.82 Å². The van der Waals surface area contributed by atoms with Crippen molar-refractivity contribution in [1.82, 2.24) is 10.2 Å². The number of carboxylic acids is 1. The Morgan fingerprint density at radius 3 is 2.94 bits per heavy atom. The number of nitrogens with zero attached hydrogens (tertiary/aromatic N) is 3. The lowest BCUT2D eigenvalue weighted by Crippen LogP contribution is -2.29. The molecule has 0 saturated heterocycles. The number of rotatable bonds is 5. The Morgan fingerprint density at radius 1 is 1.62 bits per heavy atom. The molecule has 0 atom stereocenters. The second kappa shape index (κ2) is 4.47. The summed E-state index contributed by atoms with van der Waals surface area (Å²) >= 11 is 0. The van der Waals surface area contributed by atoms with E-state index in [0.717, 1.165) is 25.8 Å². The van der Waals surface area contributed by atoms with Crippen LogP contribution in [0.3, 0.4) is 0 Å². The molecule has 0 unspecified atom stereocenters. The molecule has 1 heterocycles. The highest BCUT2D eigenvalue weighted by atomic mass is 16.4. The van der Waals surface area contributed by atoms with Crippen LogP contribution >= 0.6 is 0 Å². The van der Waals surface area contributed by atoms with Crippen molar-refractivity contribution < 1.29 is 9.90 Å². The number of carbonyl (C=O) groups is 1. The van der Waals surface area contributed by atoms with Crippen LogP contribution in [0.5, 0.6) is 0 Å². The Morgan fingerprint density at radius 2 is 2.38 bits per heavy atom. The smallest absolute Gasteiger partial charge is 0.339 e. The zero-order valence-electron chi connectivity index (χ0n) is 9.26. The predicted octanol–water partition coefficient (Wildman–Crippen LogP) is 1.55. The first kappa shape index (κ1) is 10.9. The molecule has 1 N–H and O–H groups in total. The molecule has 0 bridgehead atoms. The first-order valence-corrected chi connectivity index (χ1v) is 5.55. The van der Waals surface area contributed by atoms with Crippen LogP contribution in [0.2, 0.25) is 0 Å². The van der Waals surface area contributed by atoms with Crippen molar-refractivity contribution in [2.24, 2.45) is 0 Å². The molecule has 0 amide bonds. The third-order valence-corrected chi connectivity index (χ3v) is 2.66. The zero-order chi connectivity index (χ0) is 11.5. The van der Waals surface area contributed by atoms with Crippen LogP contribution in [0.25, 0.3) is 0 Å². The van der Waals surface area contributed by atoms with E-state index in [2.05, 4.69) is 22.0 Å². The van der Waals surface area contributed by atoms with Crippen molar-refractivity contribution in [2.45, 2.75) is 32.2 Å². The minimum atomic E-state index is -0.938. The Hall–Kier alpha value is -1.65. The van der Waals surface area contributed by atoms with E-state index >= 15 is 0 Å². The van der Waals surface area contributed by atoms with E-state index in [1.165, 1.54) is 12.3 Å². The quantitative estimate of drug-likeness (QED) is 0.817. The first-order valence-electron chi connectivity index (χ1n) is 5.55. The topological polar surface area (TPSA) is 66.3 Å². The van der Waals surface area contributed by atoms with Gasteiger partial charge in [-0.15, -0.1) is 5.10 Å². The van der Waals surface area contributed by atoms with Crippen LogP contribution < -0.4 is 4.90 Å². The van der Waals surface area contributed by atoms with Crippen LogP contribution in [-0.4, -0.2) is 33.9 Å². The monoisotopic (exact) mass is 221 g/mol. The first-order chi connectivity index (χ1) is 7.74. The van der Waals surface area contributed by atoms with Gasteiger partial charge in [-0.25, -0.2) is 4.79 Å². The molecule has 16 heavy (non-hydrogen) atoms. The van der Waals surface area contributed by atoms with Gasteiger partial charge >= 0.3 is 5.97 Å². The van der Waals surface area contributed by atoms with Crippen LogP contribution in [-0.2, 0) is 0 Å². The van der Waals surface area contributed by atoms with E-state index in [-0.39, 0.29) is 5.56 Å². The SMILES string of the molecule is CCCN(c1nnccc1C(=O)O)C1CC1. The second-order valence-corrected chi connectivity index (χ2v) is 4.00. The third kappa shape index (κ3) is 2.13. The summed E-state index contributed by atoms with van der Waals surface area (Å²) < 4.78 is 0. The van der Waals surface area contributed by atoms with Crippen molar-refractivity contribution >= 4 is 11.8 Å². The number of anilines is 1. The molecular weight excluding hydrogens is 206 g/mol. The summed E-state index contributed by atoms with van der Waals surface area (Å²) in [5.74, 6) is -0.425. The van der Waals surface area contributed by atoms with Gasteiger partial charge in [0.2, 0.25) is 0 Å². The zero-order valence-corrected chi connectivity index (χ0v) is 9.26. The molecule has 5 nitrogen and oxygen atoms in total. The van der Waals surface area contributed by atoms with Crippen molar-refractivity contribution in [3.05, 3.63) is 17.8 Å². The fourth-order valence-corrected chi connectivity index (χ4v) is 1.79. The number of hydrogen-bond acceptors (Lipinski definition) is 4. The van der Waals surface area contributed by atoms with Gasteiger partial charge in [-0.05, 0) is 25.3 Å². The molecule has 1 aliphatic rings. The molecule has 1 aliphatic carbocycles. The average Bonchev–Trinajstić information content (AvgIpc) is 3.10. The molecule has 0 radical (unpaired) electrons. The maximum absolute atomic E-state index is 11.1. The summed E-state index contributed by atoms with van der Waals surface area (Å²) in [7, 11) is 0. The molecule has 1 aromatic heterocycles. The van der Waals surface area contributed by atoms with E-state index in [1.54, 1.807) is 0 Å². The summed E-state index contributed by atoms with van der Waals surface area (Å²) in [4.78, 5) is 13.1. The van der Waals surface area contributed by atoms with Crippen LogP contribution in [0.15, 0.2) is 12.3 Å². The molecule has 0 spiro atoms. The second-order valence-electron chi connectivity index (χ2n) is 4.00. The van der Waals surface area contributed by atoms with Gasteiger partial charge in [0.25, 0.3) is 0 Å². The average molecular weight is 221 g/mol. The van der Waals surface area contributed by atoms with Crippen molar-refractivity contribution in [3.63, 3.8) is 0 Å². The molecule has 1 fully saturated rings. The Bertz CT molecular complexity index is 391. The third-order valence-electron chi connectivity index (χ3n) is 2.66. The van der Waals surface area contributed by atoms with E-state index < -0.39 is 5.97 Å². The van der Waals surface area contributed by atoms with Gasteiger partial charge in [-0.1, -0.05) is 6.92 Å². The standard InChI is InChI=1S/C11H15N3O2/c1-2-7-14(8-3-4-8)10-9(11(15)16)5-6-12-13-10/h5-6,8H,2-4,7H2,1H3,(H,15,16). The number of aromatic carboxylic acids is 1. The van der Waals surface area contributed by atoms with Crippen molar-refractivity contribution in [3.8, 4) is 0 Å². The summed E-state index contributed by atoms with van der Waals surface area (Å²) in [6.07, 6.45) is 4.64. The fourth-order valence-electron chi connectivity index (χ4n) is 1.79. The molecule has 0 aromatic carbocycles. The highest BCUT2D eigenvalue weighted by Gasteiger charge is 2.31. The maximum atomic E-state index is 11.1. The van der Waals surface area contributed by atoms with Crippen LogP contribution in [0, 0.1) is 0 Å². The largest absolute Gasteiger partial charge is 0.478 e. The van der Waals surface area contributed by atoms with Gasteiger partial charge in [-0.3, -0.25) is 0 Å². The van der Waals surface area contributed by atoms with Gasteiger partial charge in [-0.2, -0.15) is 5.10 Å². The lowest BCUT2D eigenvalue weighted by Gasteiger charge is -2.23. The van der Waals surface area contributed by atoms with Gasteiger partial charge in [0, 0.05) is 12.6 Å². The maximum Gasteiger partial charge on any atom is 0.339 e. The Labute approximate surface area is 94.1 Å². The fraction of sp³-hybridized carbons (Fsp3) is 0.545. The molecular formula is C11H15N3O2. The highest BCUT2D eigenvalue weighted by Crippen LogP contribution is 2.32. The number of aromatic nitrogens is 2. The van der Waals surface area contributed by atoms with Crippen LogP contribution in [0.4, 0.5) is 5.82 Å². The summed E-state index contributed by atoms with van der Waals surface area (Å²) in [5.41, 5.74) is 0.246. The van der Waals surface area contributed by atoms with Gasteiger partial charge in [0.05, 0.1) is 6.20 Å². The highest BCUT2D eigenvalue weighted by molar-refractivity contribution is 5.93. The number of carboxylic acid groups (broad SMARTS) is 1. The minimum Gasteiger partial charge on any atom is -0.478 e. The predicted molar refractivity (Wildman–Crippen MR) is 59.7 cm³/mol. The van der Waals surface area contributed by atoms with Gasteiger partial charge < -0.3 is 10.0 Å². The van der Waals surface area contributed by atoms with Crippen molar-refractivity contribution in [2.75, 3.05) is 11.4 Å². The summed E-state index contributed by atoms with van der Waals surface area (Å²) in [6, 6.07) is 1.96. The lowest BCUT2D eigenvalue weighted by atomic mass is 10.2. The normalized spacial score (nSPS) is 14.8. The van der Waals surface area contributed by atoms with E-state index in [9.17, 15) is 4.79 Å². The molecule has 1 saturated carbocycles. The Balaban J connectivity index is 2.32. The van der Waals surface area contributed by atoms with Crippen molar-refractivity contribution in [1.29, 1.82) is 0 Å².